The van der Waals surface area contributed by atoms with Gasteiger partial charge in [-0.25, -0.2) is 9.31 Å². The molecule has 0 radical (unpaired) electrons. The average molecular weight is 299 g/mol. The molecule has 0 bridgehead atoms. The number of anilines is 1. The summed E-state index contributed by atoms with van der Waals surface area (Å²) in [5, 5.41) is 6.78. The Hall–Kier alpha value is -3.09. The van der Waals surface area contributed by atoms with Gasteiger partial charge in [0, 0.05) is 11.9 Å². The first-order valence-electron chi connectivity index (χ1n) is 6.68. The first-order valence-corrected chi connectivity index (χ1v) is 6.68. The number of nitrogens with zero attached hydrogens (tertiary/aromatic N) is 2. The third kappa shape index (κ3) is 2.56. The summed E-state index contributed by atoms with van der Waals surface area (Å²) in [6, 6.07) is 6.53. The lowest BCUT2D eigenvalue weighted by molar-refractivity contribution is 0.0528. The van der Waals surface area contributed by atoms with Gasteiger partial charge in [-0.15, -0.1) is 0 Å². The Morgan fingerprint density at radius 1 is 1.41 bits per heavy atom. The predicted octanol–water partition coefficient (Wildman–Crippen LogP) is 2.36. The number of carbonyl (C=O) groups excluding carboxylic acids is 2. The molecular formula is C15H13N3O4. The van der Waals surface area contributed by atoms with Crippen LogP contribution >= 0.6 is 0 Å². The molecule has 0 saturated carbocycles. The van der Waals surface area contributed by atoms with Gasteiger partial charge >= 0.3 is 5.97 Å². The van der Waals surface area contributed by atoms with E-state index in [0.717, 1.165) is 0 Å². The Balaban J connectivity index is 1.90. The van der Waals surface area contributed by atoms with Crippen LogP contribution in [0.3, 0.4) is 0 Å². The highest BCUT2D eigenvalue weighted by Crippen LogP contribution is 2.18. The van der Waals surface area contributed by atoms with E-state index < -0.39 is 5.97 Å². The molecule has 7 nitrogen and oxygen atoms in total. The third-order valence-corrected chi connectivity index (χ3v) is 3.02. The maximum absolute atomic E-state index is 12.0. The summed E-state index contributed by atoms with van der Waals surface area (Å²) >= 11 is 0. The van der Waals surface area contributed by atoms with Gasteiger partial charge in [-0.1, -0.05) is 0 Å². The van der Waals surface area contributed by atoms with Gasteiger partial charge in [0.15, 0.2) is 5.76 Å². The number of fused-ring (bicyclic) bond motifs is 1. The van der Waals surface area contributed by atoms with Crippen LogP contribution in [0.2, 0.25) is 0 Å². The van der Waals surface area contributed by atoms with Crippen molar-refractivity contribution in [3.05, 3.63) is 54.2 Å². The summed E-state index contributed by atoms with van der Waals surface area (Å²) in [5.74, 6) is -0.613. The van der Waals surface area contributed by atoms with Crippen LogP contribution in [-0.2, 0) is 4.74 Å². The topological polar surface area (TPSA) is 85.8 Å². The molecule has 22 heavy (non-hydrogen) atoms. The van der Waals surface area contributed by atoms with Crippen molar-refractivity contribution in [3.8, 4) is 0 Å². The van der Waals surface area contributed by atoms with E-state index in [1.54, 1.807) is 37.4 Å². The Morgan fingerprint density at radius 3 is 3.00 bits per heavy atom. The largest absolute Gasteiger partial charge is 0.462 e. The predicted molar refractivity (Wildman–Crippen MR) is 77.8 cm³/mol. The van der Waals surface area contributed by atoms with E-state index in [9.17, 15) is 9.59 Å². The zero-order chi connectivity index (χ0) is 15.5. The molecule has 0 fully saturated rings. The second-order valence-corrected chi connectivity index (χ2v) is 4.46. The van der Waals surface area contributed by atoms with Crippen LogP contribution in [0.1, 0.15) is 27.8 Å². The van der Waals surface area contributed by atoms with Crippen LogP contribution in [0.25, 0.3) is 5.52 Å². The number of aromatic nitrogens is 2. The van der Waals surface area contributed by atoms with Crippen LogP contribution in [-0.4, -0.2) is 28.1 Å². The highest BCUT2D eigenvalue weighted by atomic mass is 16.5. The molecule has 112 valence electrons. The summed E-state index contributed by atoms with van der Waals surface area (Å²) in [5.41, 5.74) is 1.42. The molecule has 0 aliphatic heterocycles. The number of rotatable bonds is 4. The molecule has 0 atom stereocenters. The SMILES string of the molecule is CCOC(=O)c1cnn2ccc(NC(=O)c3ccco3)cc12. The number of pyridine rings is 1. The lowest BCUT2D eigenvalue weighted by Crippen LogP contribution is -2.11. The highest BCUT2D eigenvalue weighted by molar-refractivity contribution is 6.03. The molecule has 0 aliphatic rings. The van der Waals surface area contributed by atoms with Gasteiger partial charge in [0.1, 0.15) is 5.56 Å². The van der Waals surface area contributed by atoms with E-state index in [1.807, 2.05) is 0 Å². The van der Waals surface area contributed by atoms with E-state index in [0.29, 0.717) is 16.8 Å². The zero-order valence-corrected chi connectivity index (χ0v) is 11.8. The lowest BCUT2D eigenvalue weighted by Gasteiger charge is -2.05. The molecule has 0 aliphatic carbocycles. The normalized spacial score (nSPS) is 10.6. The van der Waals surface area contributed by atoms with Crippen molar-refractivity contribution in [2.45, 2.75) is 6.92 Å². The molecular weight excluding hydrogens is 286 g/mol. The number of hydrogen-bond acceptors (Lipinski definition) is 5. The Morgan fingerprint density at radius 2 is 2.27 bits per heavy atom. The maximum atomic E-state index is 12.0. The standard InChI is InChI=1S/C15H13N3O4/c1-2-21-15(20)11-9-16-18-6-5-10(8-12(11)18)17-14(19)13-4-3-7-22-13/h3-9H,2H2,1H3,(H,17,19). The molecule has 1 N–H and O–H groups in total. The second kappa shape index (κ2) is 5.72. The molecule has 0 aromatic carbocycles. The number of amides is 1. The number of hydrogen-bond donors (Lipinski definition) is 1. The first kappa shape index (κ1) is 13.9. The van der Waals surface area contributed by atoms with Crippen molar-refractivity contribution < 1.29 is 18.7 Å². The molecule has 3 aromatic heterocycles. The van der Waals surface area contributed by atoms with Crippen molar-refractivity contribution in [2.24, 2.45) is 0 Å². The van der Waals surface area contributed by atoms with Crippen molar-refractivity contribution in [1.82, 2.24) is 9.61 Å². The van der Waals surface area contributed by atoms with Crippen LogP contribution in [0.4, 0.5) is 5.69 Å². The number of esters is 1. The molecule has 7 heteroatoms. The Labute approximate surface area is 125 Å². The zero-order valence-electron chi connectivity index (χ0n) is 11.8. The minimum absolute atomic E-state index is 0.207. The first-order chi connectivity index (χ1) is 10.7. The molecule has 3 aromatic rings. The highest BCUT2D eigenvalue weighted by Gasteiger charge is 2.15. The lowest BCUT2D eigenvalue weighted by atomic mass is 10.2. The monoisotopic (exact) mass is 299 g/mol. The fourth-order valence-electron chi connectivity index (χ4n) is 2.02. The van der Waals surface area contributed by atoms with Gasteiger partial charge in [0.25, 0.3) is 5.91 Å². The Bertz CT molecular complexity index is 821. The summed E-state index contributed by atoms with van der Waals surface area (Å²) in [7, 11) is 0. The number of furan rings is 1. The van der Waals surface area contributed by atoms with Gasteiger partial charge in [-0.3, -0.25) is 4.79 Å². The summed E-state index contributed by atoms with van der Waals surface area (Å²) in [6.45, 7) is 2.02. The van der Waals surface area contributed by atoms with Crippen LogP contribution in [0.15, 0.2) is 47.3 Å². The van der Waals surface area contributed by atoms with Gasteiger partial charge < -0.3 is 14.5 Å². The summed E-state index contributed by atoms with van der Waals surface area (Å²) in [4.78, 5) is 23.8. The fourth-order valence-corrected chi connectivity index (χ4v) is 2.02. The number of nitrogens with one attached hydrogen (secondary N) is 1. The average Bonchev–Trinajstić information content (AvgIpc) is 3.17. The Kier molecular flexibility index (Phi) is 3.61. The van der Waals surface area contributed by atoms with E-state index in [2.05, 4.69) is 10.4 Å². The van der Waals surface area contributed by atoms with Crippen molar-refractivity contribution >= 4 is 23.1 Å². The van der Waals surface area contributed by atoms with Crippen molar-refractivity contribution in [3.63, 3.8) is 0 Å². The van der Waals surface area contributed by atoms with Crippen molar-refractivity contribution in [2.75, 3.05) is 11.9 Å². The molecule has 0 saturated heterocycles. The molecule has 0 spiro atoms. The van der Waals surface area contributed by atoms with Gasteiger partial charge in [0.2, 0.25) is 0 Å². The number of carbonyl (C=O) groups is 2. The van der Waals surface area contributed by atoms with E-state index >= 15 is 0 Å². The van der Waals surface area contributed by atoms with Crippen molar-refractivity contribution in [1.29, 1.82) is 0 Å². The van der Waals surface area contributed by atoms with E-state index in [-0.39, 0.29) is 18.3 Å². The van der Waals surface area contributed by atoms with Crippen LogP contribution in [0.5, 0.6) is 0 Å². The minimum atomic E-state index is -0.452. The number of ether oxygens (including phenoxy) is 1. The van der Waals surface area contributed by atoms with Crippen LogP contribution in [0, 0.1) is 0 Å². The quantitative estimate of drug-likeness (QED) is 0.747. The van der Waals surface area contributed by atoms with E-state index in [4.69, 9.17) is 9.15 Å². The maximum Gasteiger partial charge on any atom is 0.341 e. The van der Waals surface area contributed by atoms with E-state index in [1.165, 1.54) is 17.0 Å². The smallest absolute Gasteiger partial charge is 0.341 e. The molecule has 3 heterocycles. The summed E-state index contributed by atoms with van der Waals surface area (Å²) in [6.07, 6.45) is 4.51. The minimum Gasteiger partial charge on any atom is -0.462 e. The van der Waals surface area contributed by atoms with Gasteiger partial charge in [-0.05, 0) is 31.2 Å². The van der Waals surface area contributed by atoms with Gasteiger partial charge in [0.05, 0.1) is 24.6 Å². The third-order valence-electron chi connectivity index (χ3n) is 3.02. The van der Waals surface area contributed by atoms with Crippen LogP contribution < -0.4 is 5.32 Å². The summed E-state index contributed by atoms with van der Waals surface area (Å²) < 4.78 is 11.5. The molecule has 3 rings (SSSR count). The molecule has 1 amide bonds. The second-order valence-electron chi connectivity index (χ2n) is 4.46. The molecule has 0 unspecified atom stereocenters. The van der Waals surface area contributed by atoms with Gasteiger partial charge in [-0.2, -0.15) is 5.10 Å². The fraction of sp³-hybridized carbons (Fsp3) is 0.133.